The molecule has 1 aromatic rings. The summed E-state index contributed by atoms with van der Waals surface area (Å²) < 4.78 is 0. The van der Waals surface area contributed by atoms with Gasteiger partial charge < -0.3 is 31.9 Å². The average Bonchev–Trinajstić information content (AvgIpc) is 2.80. The van der Waals surface area contributed by atoms with Crippen molar-refractivity contribution in [3.8, 4) is 5.75 Å². The minimum absolute atomic E-state index is 0.00102. The predicted octanol–water partition coefficient (Wildman–Crippen LogP) is 0.922. The van der Waals surface area contributed by atoms with Crippen LogP contribution in [0.4, 0.5) is 0 Å². The van der Waals surface area contributed by atoms with Crippen molar-refractivity contribution in [2.75, 3.05) is 14.1 Å². The minimum atomic E-state index is -2.64. The summed E-state index contributed by atoms with van der Waals surface area (Å²) in [4.78, 5) is 40.7. The number of unbranched alkanes of at least 4 members (excludes halogenated alkanes) is 1. The van der Waals surface area contributed by atoms with Gasteiger partial charge in [0.05, 0.1) is 11.6 Å². The maximum Gasteiger partial charge on any atom is 0.255 e. The van der Waals surface area contributed by atoms with Gasteiger partial charge >= 0.3 is 0 Å². The van der Waals surface area contributed by atoms with E-state index in [9.17, 15) is 34.8 Å². The number of carbonyl (C=O) groups is 3. The van der Waals surface area contributed by atoms with Gasteiger partial charge in [-0.25, -0.2) is 0 Å². The van der Waals surface area contributed by atoms with Crippen molar-refractivity contribution >= 4 is 17.5 Å². The molecule has 0 unspecified atom stereocenters. The fourth-order valence-electron chi connectivity index (χ4n) is 6.20. The number of aromatic hydroxyl groups is 1. The number of allylic oxidation sites excluding steroid dienone is 1. The molecule has 1 amide bonds. The molecule has 36 heavy (non-hydrogen) atoms. The monoisotopic (exact) mass is 499 g/mol. The number of phenolic OH excluding ortho intramolecular Hbond substituents is 1. The Hall–Kier alpha value is -3.21. The van der Waals surface area contributed by atoms with Gasteiger partial charge in [-0.15, -0.1) is 0 Å². The molecule has 10 nitrogen and oxygen atoms in total. The van der Waals surface area contributed by atoms with Crippen LogP contribution in [0.1, 0.15) is 53.2 Å². The molecule has 10 heteroatoms. The quantitative estimate of drug-likeness (QED) is 0.309. The van der Waals surface area contributed by atoms with Crippen LogP contribution in [0.25, 0.3) is 0 Å². The highest BCUT2D eigenvalue weighted by atomic mass is 16.3. The molecule has 0 heterocycles. The lowest BCUT2D eigenvalue weighted by atomic mass is 9.58. The summed E-state index contributed by atoms with van der Waals surface area (Å²) in [5.74, 6) is -6.54. The summed E-state index contributed by atoms with van der Waals surface area (Å²) in [5, 5.41) is 44.7. The second-order valence-corrected chi connectivity index (χ2v) is 10.2. The number of rotatable bonds is 6. The topological polar surface area (TPSA) is 187 Å². The summed E-state index contributed by atoms with van der Waals surface area (Å²) >= 11 is 0. The number of fused-ring (bicyclic) bond motifs is 3. The van der Waals surface area contributed by atoms with E-state index in [1.807, 2.05) is 13.0 Å². The Morgan fingerprint density at radius 3 is 2.42 bits per heavy atom. The van der Waals surface area contributed by atoms with E-state index in [2.05, 4.69) is 0 Å². The van der Waals surface area contributed by atoms with E-state index in [4.69, 9.17) is 11.5 Å². The summed E-state index contributed by atoms with van der Waals surface area (Å²) in [6.45, 7) is 2.05. The Morgan fingerprint density at radius 2 is 1.86 bits per heavy atom. The number of nitrogens with zero attached hydrogens (tertiary/aromatic N) is 1. The third kappa shape index (κ3) is 3.47. The predicted molar refractivity (Wildman–Crippen MR) is 130 cm³/mol. The van der Waals surface area contributed by atoms with Gasteiger partial charge in [0.25, 0.3) is 5.91 Å². The maximum absolute atomic E-state index is 13.8. The fraction of sp³-hybridized carbons (Fsp3) is 0.500. The first-order valence-corrected chi connectivity index (χ1v) is 12.1. The number of hydrogen-bond acceptors (Lipinski definition) is 9. The van der Waals surface area contributed by atoms with Crippen LogP contribution in [0, 0.1) is 11.8 Å². The van der Waals surface area contributed by atoms with E-state index in [0.717, 1.165) is 18.4 Å². The number of amides is 1. The molecule has 0 spiro atoms. The molecule has 0 bridgehead atoms. The zero-order valence-corrected chi connectivity index (χ0v) is 20.7. The van der Waals surface area contributed by atoms with Crippen LogP contribution in [0.2, 0.25) is 0 Å². The number of hydrogen-bond donors (Lipinski definition) is 6. The van der Waals surface area contributed by atoms with E-state index in [1.54, 1.807) is 14.1 Å². The molecule has 0 radical (unpaired) electrons. The first-order chi connectivity index (χ1) is 16.9. The average molecular weight is 500 g/mol. The van der Waals surface area contributed by atoms with Gasteiger partial charge in [-0.1, -0.05) is 19.4 Å². The zero-order chi connectivity index (χ0) is 26.7. The molecule has 0 saturated heterocycles. The lowest BCUT2D eigenvalue weighted by Gasteiger charge is -2.50. The Balaban J connectivity index is 1.96. The van der Waals surface area contributed by atoms with Crippen LogP contribution in [0.5, 0.6) is 5.75 Å². The van der Waals surface area contributed by atoms with Crippen molar-refractivity contribution in [3.63, 3.8) is 0 Å². The van der Waals surface area contributed by atoms with Crippen molar-refractivity contribution in [2.45, 2.75) is 57.2 Å². The lowest BCUT2D eigenvalue weighted by molar-refractivity contribution is -0.148. The van der Waals surface area contributed by atoms with Crippen LogP contribution < -0.4 is 11.5 Å². The van der Waals surface area contributed by atoms with Crippen molar-refractivity contribution < 1.29 is 34.8 Å². The molecular formula is C26H33N3O7. The molecule has 0 fully saturated rings. The van der Waals surface area contributed by atoms with Gasteiger partial charge in [0.1, 0.15) is 22.8 Å². The third-order valence-electron chi connectivity index (χ3n) is 7.91. The van der Waals surface area contributed by atoms with Gasteiger partial charge in [-0.2, -0.15) is 0 Å². The lowest BCUT2D eigenvalue weighted by Crippen LogP contribution is -2.63. The number of aryl methyl sites for hydroxylation is 1. The highest BCUT2D eigenvalue weighted by Gasteiger charge is 2.63. The number of Topliss-reactive ketones (excluding diaryl/α,β-unsaturated/α-hetero) is 2. The first kappa shape index (κ1) is 25.9. The van der Waals surface area contributed by atoms with E-state index < -0.39 is 58.0 Å². The standard InChI is InChI=1S/C26H33N3O7/c1-4-5-6-11-7-13(10-27)20(30)17-14(11)8-12-9-15-19(29(2)3)22(32)18(25(28)35)24(34)26(15,36)23(33)16(12)21(17)31/h7,12,15,19,30,32-33,36H,4-6,8-10,27H2,1-3H3,(H2,28,35)/t12-,15+,19+,26-/m1/s1. The molecule has 0 aliphatic heterocycles. The highest BCUT2D eigenvalue weighted by molar-refractivity contribution is 6.24. The maximum atomic E-state index is 13.8. The van der Waals surface area contributed by atoms with Crippen LogP contribution in [0.3, 0.4) is 0 Å². The second-order valence-electron chi connectivity index (χ2n) is 10.2. The number of likely N-dealkylation sites (N-methyl/N-ethyl adjacent to an activating group) is 1. The smallest absolute Gasteiger partial charge is 0.255 e. The van der Waals surface area contributed by atoms with Crippen LogP contribution in [-0.4, -0.2) is 68.5 Å². The van der Waals surface area contributed by atoms with Crippen molar-refractivity contribution in [2.24, 2.45) is 23.3 Å². The number of ketones is 2. The van der Waals surface area contributed by atoms with Crippen molar-refractivity contribution in [1.82, 2.24) is 4.90 Å². The second kappa shape index (κ2) is 9.02. The van der Waals surface area contributed by atoms with Crippen molar-refractivity contribution in [3.05, 3.63) is 51.0 Å². The molecule has 1 aromatic carbocycles. The molecule has 0 saturated carbocycles. The van der Waals surface area contributed by atoms with Gasteiger partial charge in [-0.05, 0) is 56.8 Å². The van der Waals surface area contributed by atoms with Gasteiger partial charge in [-0.3, -0.25) is 19.3 Å². The summed E-state index contributed by atoms with van der Waals surface area (Å²) in [6.07, 6.45) is 2.81. The van der Waals surface area contributed by atoms with E-state index >= 15 is 0 Å². The molecule has 4 atom stereocenters. The molecule has 3 aliphatic carbocycles. The molecule has 4 rings (SSSR count). The van der Waals surface area contributed by atoms with E-state index in [0.29, 0.717) is 17.5 Å². The number of carbonyl (C=O) groups excluding carboxylic acids is 3. The number of phenols is 1. The van der Waals surface area contributed by atoms with Gasteiger partial charge in [0.2, 0.25) is 5.78 Å². The fourth-order valence-corrected chi connectivity index (χ4v) is 6.20. The summed E-state index contributed by atoms with van der Waals surface area (Å²) in [6, 6.07) is 0.800. The molecule has 194 valence electrons. The highest BCUT2D eigenvalue weighted by Crippen LogP contribution is 2.52. The summed E-state index contributed by atoms with van der Waals surface area (Å²) in [7, 11) is 3.20. The normalized spacial score (nSPS) is 27.8. The SMILES string of the molecule is CCCCc1cc(CN)c(O)c2c1C[C@@H]1C[C@H]3[C@H](N(C)C)C(O)=C(C(N)=O)C(=O)[C@]3(O)C(O)=C1C2=O. The third-order valence-corrected chi connectivity index (χ3v) is 7.91. The van der Waals surface area contributed by atoms with Gasteiger partial charge in [0.15, 0.2) is 11.4 Å². The van der Waals surface area contributed by atoms with Crippen LogP contribution in [0.15, 0.2) is 28.7 Å². The number of primary amides is 1. The molecule has 3 aliphatic rings. The Bertz CT molecular complexity index is 1230. The number of aliphatic hydroxyl groups is 3. The first-order valence-electron chi connectivity index (χ1n) is 12.1. The van der Waals surface area contributed by atoms with Crippen molar-refractivity contribution in [1.29, 1.82) is 0 Å². The summed E-state index contributed by atoms with van der Waals surface area (Å²) in [5.41, 5.74) is 9.50. The van der Waals surface area contributed by atoms with E-state index in [-0.39, 0.29) is 36.3 Å². The number of nitrogens with two attached hydrogens (primary N) is 2. The Labute approximate surface area is 208 Å². The number of aliphatic hydroxyl groups excluding tert-OH is 2. The van der Waals surface area contributed by atoms with Crippen LogP contribution in [-0.2, 0) is 29.0 Å². The zero-order valence-electron chi connectivity index (χ0n) is 20.7. The Morgan fingerprint density at radius 1 is 1.19 bits per heavy atom. The Kier molecular flexibility index (Phi) is 6.48. The molecule has 8 N–H and O–H groups in total. The minimum Gasteiger partial charge on any atom is -0.510 e. The van der Waals surface area contributed by atoms with Crippen LogP contribution >= 0.6 is 0 Å². The number of benzene rings is 1. The van der Waals surface area contributed by atoms with E-state index in [1.165, 1.54) is 4.90 Å². The van der Waals surface area contributed by atoms with Gasteiger partial charge in [0, 0.05) is 23.6 Å². The molecule has 0 aromatic heterocycles. The molecular weight excluding hydrogens is 466 g/mol. The largest absolute Gasteiger partial charge is 0.510 e.